The zero-order valence-electron chi connectivity index (χ0n) is 17.7. The number of fused-ring (bicyclic) bond motifs is 2. The van der Waals surface area contributed by atoms with Crippen LogP contribution in [0.1, 0.15) is 30.5 Å². The molecule has 0 aromatic heterocycles. The van der Waals surface area contributed by atoms with Crippen molar-refractivity contribution in [3.63, 3.8) is 0 Å². The molecule has 0 spiro atoms. The molecule has 6 atom stereocenters. The monoisotopic (exact) mass is 468 g/mol. The number of aliphatic hydroxyl groups excluding tert-OH is 4. The molecule has 32 heavy (non-hydrogen) atoms. The number of hydrogen-bond acceptors (Lipinski definition) is 7. The zero-order chi connectivity index (χ0) is 23.3. The first-order valence-electron chi connectivity index (χ1n) is 10.4. The molecule has 0 radical (unpaired) electrons. The van der Waals surface area contributed by atoms with E-state index >= 15 is 0 Å². The van der Waals surface area contributed by atoms with E-state index in [1.807, 2.05) is 0 Å². The summed E-state index contributed by atoms with van der Waals surface area (Å²) in [5.74, 6) is -2.13. The van der Waals surface area contributed by atoms with Crippen molar-refractivity contribution in [3.05, 3.63) is 63.9 Å². The average molecular weight is 469 g/mol. The van der Waals surface area contributed by atoms with Gasteiger partial charge in [0.2, 0.25) is 5.79 Å². The summed E-state index contributed by atoms with van der Waals surface area (Å²) in [6.45, 7) is 3.30. The zero-order valence-corrected chi connectivity index (χ0v) is 18.4. The summed E-state index contributed by atoms with van der Waals surface area (Å²) in [7, 11) is 0. The van der Waals surface area contributed by atoms with Gasteiger partial charge in [0.15, 0.2) is 11.6 Å². The molecule has 0 unspecified atom stereocenters. The summed E-state index contributed by atoms with van der Waals surface area (Å²) >= 11 is 6.38. The Labute approximate surface area is 189 Å². The van der Waals surface area contributed by atoms with Crippen molar-refractivity contribution >= 4 is 11.6 Å². The van der Waals surface area contributed by atoms with Crippen molar-refractivity contribution < 1.29 is 39.0 Å². The summed E-state index contributed by atoms with van der Waals surface area (Å²) in [5.41, 5.74) is 0.00567. The number of halogens is 2. The Kier molecular flexibility index (Phi) is 6.23. The van der Waals surface area contributed by atoms with E-state index in [1.54, 1.807) is 37.3 Å². The number of hydrogen-bond donors (Lipinski definition) is 4. The molecule has 2 saturated heterocycles. The molecule has 9 heteroatoms. The summed E-state index contributed by atoms with van der Waals surface area (Å²) in [6.07, 6.45) is -5.69. The largest absolute Gasteiger partial charge is 0.491 e. The highest BCUT2D eigenvalue weighted by Gasteiger charge is 2.68. The summed E-state index contributed by atoms with van der Waals surface area (Å²) in [4.78, 5) is 0. The molecule has 2 aliphatic rings. The lowest BCUT2D eigenvalue weighted by Gasteiger charge is -2.47. The first-order chi connectivity index (χ1) is 15.1. The van der Waals surface area contributed by atoms with Gasteiger partial charge in [-0.3, -0.25) is 0 Å². The Morgan fingerprint density at radius 2 is 1.94 bits per heavy atom. The van der Waals surface area contributed by atoms with E-state index < -0.39 is 41.6 Å². The van der Waals surface area contributed by atoms with Gasteiger partial charge in [-0.25, -0.2) is 4.39 Å². The Morgan fingerprint density at radius 1 is 1.19 bits per heavy atom. The summed E-state index contributed by atoms with van der Waals surface area (Å²) in [6, 6.07) is 9.45. The lowest BCUT2D eigenvalue weighted by Crippen LogP contribution is -2.67. The number of rotatable bonds is 6. The van der Waals surface area contributed by atoms with Gasteiger partial charge in [0.25, 0.3) is 0 Å². The van der Waals surface area contributed by atoms with Crippen LogP contribution in [0.4, 0.5) is 4.39 Å². The Morgan fingerprint density at radius 3 is 2.59 bits per heavy atom. The van der Waals surface area contributed by atoms with Crippen LogP contribution in [0.2, 0.25) is 5.02 Å². The fourth-order valence-corrected chi connectivity index (χ4v) is 4.56. The fourth-order valence-electron chi connectivity index (χ4n) is 4.38. The van der Waals surface area contributed by atoms with Gasteiger partial charge in [-0.1, -0.05) is 23.7 Å². The molecule has 4 N–H and O–H groups in total. The van der Waals surface area contributed by atoms with Gasteiger partial charge in [0.1, 0.15) is 23.9 Å². The third-order valence-corrected chi connectivity index (χ3v) is 6.61. The molecular formula is C23H26ClFO7. The van der Waals surface area contributed by atoms with E-state index in [9.17, 15) is 24.8 Å². The molecule has 2 bridgehead atoms. The normalized spacial score (nSPS) is 32.7. The van der Waals surface area contributed by atoms with Gasteiger partial charge in [-0.2, -0.15) is 0 Å². The second kappa shape index (κ2) is 8.53. The van der Waals surface area contributed by atoms with Gasteiger partial charge in [-0.05, 0) is 55.7 Å². The minimum atomic E-state index is -1.81. The molecule has 2 heterocycles. The molecular weight excluding hydrogens is 443 g/mol. The average Bonchev–Trinajstić information content (AvgIpc) is 3.16. The molecule has 0 aliphatic carbocycles. The fraction of sp³-hybridized carbons (Fsp3) is 0.478. The van der Waals surface area contributed by atoms with E-state index in [-0.39, 0.29) is 18.8 Å². The number of aliphatic hydroxyl groups is 4. The number of ether oxygens (including phenoxy) is 3. The second-order valence-corrected chi connectivity index (χ2v) is 8.66. The molecule has 0 amide bonds. The Bertz CT molecular complexity index is 1000. The molecule has 4 rings (SSSR count). The van der Waals surface area contributed by atoms with Gasteiger partial charge in [0, 0.05) is 10.6 Å². The van der Waals surface area contributed by atoms with Crippen LogP contribution in [0.25, 0.3) is 0 Å². The molecule has 0 saturated carbocycles. The quantitative estimate of drug-likeness (QED) is 0.512. The van der Waals surface area contributed by atoms with Crippen molar-refractivity contribution in [2.45, 2.75) is 56.1 Å². The van der Waals surface area contributed by atoms with Crippen LogP contribution in [0, 0.1) is 5.82 Å². The highest BCUT2D eigenvalue weighted by atomic mass is 35.5. The Balaban J connectivity index is 1.69. The van der Waals surface area contributed by atoms with Crippen LogP contribution in [0.3, 0.4) is 0 Å². The highest BCUT2D eigenvalue weighted by Crippen LogP contribution is 2.51. The topological polar surface area (TPSA) is 109 Å². The second-order valence-electron chi connectivity index (χ2n) is 8.25. The van der Waals surface area contributed by atoms with Crippen molar-refractivity contribution in [1.29, 1.82) is 0 Å². The van der Waals surface area contributed by atoms with Crippen molar-refractivity contribution in [1.82, 2.24) is 0 Å². The van der Waals surface area contributed by atoms with E-state index in [0.717, 1.165) is 0 Å². The van der Waals surface area contributed by atoms with E-state index in [1.165, 1.54) is 13.0 Å². The maximum atomic E-state index is 14.3. The first kappa shape index (κ1) is 23.4. The first-order valence-corrected chi connectivity index (χ1v) is 10.8. The van der Waals surface area contributed by atoms with Crippen LogP contribution in [0.5, 0.6) is 5.75 Å². The molecule has 2 aromatic carbocycles. The van der Waals surface area contributed by atoms with Crippen LogP contribution in [0.15, 0.2) is 36.4 Å². The SMILES string of the molecule is CCOc1ccc(Cc2cc([C@]34OC[C@]([C@H](C)O)(O3)[C@@H](O)[C@H](O)[C@H]4O)ccc2Cl)cc1F. The third kappa shape index (κ3) is 3.60. The lowest BCUT2D eigenvalue weighted by molar-refractivity contribution is -0.336. The molecule has 7 nitrogen and oxygen atoms in total. The van der Waals surface area contributed by atoms with E-state index in [4.69, 9.17) is 25.8 Å². The maximum Gasteiger partial charge on any atom is 0.225 e. The molecule has 2 aliphatic heterocycles. The molecule has 2 fully saturated rings. The minimum Gasteiger partial charge on any atom is -0.491 e. The van der Waals surface area contributed by atoms with Crippen LogP contribution < -0.4 is 4.74 Å². The number of benzene rings is 2. The summed E-state index contributed by atoms with van der Waals surface area (Å²) in [5, 5.41) is 42.3. The van der Waals surface area contributed by atoms with Gasteiger partial charge in [0.05, 0.1) is 19.3 Å². The van der Waals surface area contributed by atoms with Crippen LogP contribution in [-0.2, 0) is 21.7 Å². The minimum absolute atomic E-state index is 0.162. The van der Waals surface area contributed by atoms with Crippen molar-refractivity contribution in [3.8, 4) is 5.75 Å². The molecule has 2 aromatic rings. The lowest BCUT2D eigenvalue weighted by atomic mass is 9.81. The van der Waals surface area contributed by atoms with Crippen molar-refractivity contribution in [2.24, 2.45) is 0 Å². The van der Waals surface area contributed by atoms with Gasteiger partial charge >= 0.3 is 0 Å². The van der Waals surface area contributed by atoms with Gasteiger partial charge in [-0.15, -0.1) is 0 Å². The standard InChI is InChI=1S/C23H26ClFO7/c1-3-30-18-7-4-13(9-17(18)25)8-14-10-15(5-6-16(14)24)23-21(29)19(27)20(28)22(32-23,11-31-23)12(2)26/h4-7,9-10,12,19-21,26-29H,3,8,11H2,1-2H3/t12-,19-,20-,21+,22+,23-/m0/s1. The summed E-state index contributed by atoms with van der Waals surface area (Å²) < 4.78 is 31.3. The molecule has 174 valence electrons. The van der Waals surface area contributed by atoms with E-state index in [0.29, 0.717) is 28.3 Å². The predicted molar refractivity (Wildman–Crippen MR) is 113 cm³/mol. The maximum absolute atomic E-state index is 14.3. The predicted octanol–water partition coefficient (Wildman–Crippen LogP) is 1.88. The smallest absolute Gasteiger partial charge is 0.225 e. The van der Waals surface area contributed by atoms with E-state index in [2.05, 4.69) is 0 Å². The van der Waals surface area contributed by atoms with Crippen LogP contribution >= 0.6 is 11.6 Å². The van der Waals surface area contributed by atoms with Crippen LogP contribution in [-0.4, -0.2) is 63.7 Å². The third-order valence-electron chi connectivity index (χ3n) is 6.24. The highest BCUT2D eigenvalue weighted by molar-refractivity contribution is 6.31. The van der Waals surface area contributed by atoms with Crippen molar-refractivity contribution in [2.75, 3.05) is 13.2 Å². The van der Waals surface area contributed by atoms with Gasteiger partial charge < -0.3 is 34.6 Å². The Hall–Kier alpha value is -1.78.